The Hall–Kier alpha value is -1.23. The van der Waals surface area contributed by atoms with E-state index in [9.17, 15) is 9.59 Å². The van der Waals surface area contributed by atoms with Gasteiger partial charge in [0.1, 0.15) is 11.3 Å². The normalized spacial score (nSPS) is 32.2. The third-order valence-corrected chi connectivity index (χ3v) is 3.74. The molecule has 2 aliphatic heterocycles. The summed E-state index contributed by atoms with van der Waals surface area (Å²) < 4.78 is 0. The molecule has 1 spiro atoms. The van der Waals surface area contributed by atoms with Crippen LogP contribution in [0.25, 0.3) is 0 Å². The SMILES string of the molecule is O=C1N=C(C2CCCNC2)NC(=O)C12CC2. The molecule has 0 aromatic heterocycles. The van der Waals surface area contributed by atoms with E-state index >= 15 is 0 Å². The Morgan fingerprint density at radius 2 is 2.12 bits per heavy atom. The van der Waals surface area contributed by atoms with Crippen LogP contribution in [-0.2, 0) is 9.59 Å². The molecule has 2 amide bonds. The van der Waals surface area contributed by atoms with Gasteiger partial charge in [0.15, 0.2) is 0 Å². The molecule has 2 N–H and O–H groups in total. The number of nitrogens with zero attached hydrogens (tertiary/aromatic N) is 1. The van der Waals surface area contributed by atoms with Gasteiger partial charge in [0.05, 0.1) is 0 Å². The molecule has 1 saturated carbocycles. The molecule has 86 valence electrons. The Morgan fingerprint density at radius 1 is 1.31 bits per heavy atom. The predicted octanol–water partition coefficient (Wildman–Crippen LogP) is -0.179. The molecule has 5 heteroatoms. The van der Waals surface area contributed by atoms with Gasteiger partial charge in [-0.1, -0.05) is 0 Å². The summed E-state index contributed by atoms with van der Waals surface area (Å²) >= 11 is 0. The molecular formula is C11H15N3O2. The van der Waals surface area contributed by atoms with Crippen LogP contribution in [0.4, 0.5) is 0 Å². The second-order valence-corrected chi connectivity index (χ2v) is 4.88. The fourth-order valence-electron chi connectivity index (χ4n) is 2.42. The van der Waals surface area contributed by atoms with Crippen LogP contribution in [0.3, 0.4) is 0 Å². The van der Waals surface area contributed by atoms with Crippen molar-refractivity contribution in [2.45, 2.75) is 25.7 Å². The van der Waals surface area contributed by atoms with E-state index in [1.165, 1.54) is 0 Å². The molecule has 1 unspecified atom stereocenters. The van der Waals surface area contributed by atoms with Gasteiger partial charge in [-0.15, -0.1) is 0 Å². The molecule has 0 radical (unpaired) electrons. The Balaban J connectivity index is 1.81. The molecule has 5 nitrogen and oxygen atoms in total. The van der Waals surface area contributed by atoms with Gasteiger partial charge in [-0.3, -0.25) is 9.59 Å². The second-order valence-electron chi connectivity index (χ2n) is 4.88. The first-order chi connectivity index (χ1) is 7.72. The number of nitrogens with one attached hydrogen (secondary N) is 2. The van der Waals surface area contributed by atoms with Gasteiger partial charge < -0.3 is 10.6 Å². The lowest BCUT2D eigenvalue weighted by Gasteiger charge is -2.28. The highest BCUT2D eigenvalue weighted by Gasteiger charge is 2.58. The number of carbonyl (C=O) groups is 2. The van der Waals surface area contributed by atoms with Crippen molar-refractivity contribution >= 4 is 17.6 Å². The third-order valence-electron chi connectivity index (χ3n) is 3.74. The minimum absolute atomic E-state index is 0.131. The van der Waals surface area contributed by atoms with E-state index < -0.39 is 5.41 Å². The van der Waals surface area contributed by atoms with E-state index in [0.717, 1.165) is 25.9 Å². The summed E-state index contributed by atoms with van der Waals surface area (Å²) in [5, 5.41) is 6.07. The van der Waals surface area contributed by atoms with Crippen molar-refractivity contribution in [1.82, 2.24) is 10.6 Å². The fourth-order valence-corrected chi connectivity index (χ4v) is 2.42. The highest BCUT2D eigenvalue weighted by Crippen LogP contribution is 2.48. The first-order valence-electron chi connectivity index (χ1n) is 5.87. The van der Waals surface area contributed by atoms with E-state index in [4.69, 9.17) is 0 Å². The van der Waals surface area contributed by atoms with E-state index in [2.05, 4.69) is 15.6 Å². The molecule has 0 aromatic rings. The van der Waals surface area contributed by atoms with Gasteiger partial charge in [-0.25, -0.2) is 0 Å². The summed E-state index contributed by atoms with van der Waals surface area (Å²) in [6.45, 7) is 1.81. The van der Waals surface area contributed by atoms with Gasteiger partial charge in [-0.05, 0) is 32.2 Å². The van der Waals surface area contributed by atoms with Crippen LogP contribution in [0, 0.1) is 11.3 Å². The van der Waals surface area contributed by atoms with Crippen LogP contribution < -0.4 is 10.6 Å². The number of rotatable bonds is 1. The molecule has 3 aliphatic rings. The first kappa shape index (κ1) is 9.96. The maximum absolute atomic E-state index is 11.8. The zero-order valence-corrected chi connectivity index (χ0v) is 9.08. The summed E-state index contributed by atoms with van der Waals surface area (Å²) in [4.78, 5) is 27.7. The van der Waals surface area contributed by atoms with E-state index in [1.807, 2.05) is 0 Å². The van der Waals surface area contributed by atoms with Crippen molar-refractivity contribution in [3.63, 3.8) is 0 Å². The molecule has 0 bridgehead atoms. The second kappa shape index (κ2) is 3.38. The Kier molecular flexibility index (Phi) is 2.10. The molecule has 16 heavy (non-hydrogen) atoms. The van der Waals surface area contributed by atoms with Gasteiger partial charge in [0, 0.05) is 12.5 Å². The summed E-state index contributed by atoms with van der Waals surface area (Å²) in [6, 6.07) is 0. The van der Waals surface area contributed by atoms with Crippen LogP contribution >= 0.6 is 0 Å². The average molecular weight is 221 g/mol. The Bertz CT molecular complexity index is 379. The zero-order chi connectivity index (χ0) is 11.2. The molecule has 1 atom stereocenters. The minimum Gasteiger partial charge on any atom is -0.316 e. The highest BCUT2D eigenvalue weighted by molar-refractivity contribution is 6.20. The molecule has 2 heterocycles. The van der Waals surface area contributed by atoms with Crippen LogP contribution in [0.2, 0.25) is 0 Å². The van der Waals surface area contributed by atoms with Crippen molar-refractivity contribution in [3.05, 3.63) is 0 Å². The van der Waals surface area contributed by atoms with E-state index in [-0.39, 0.29) is 17.7 Å². The highest BCUT2D eigenvalue weighted by atomic mass is 16.2. The maximum Gasteiger partial charge on any atom is 0.263 e. The molecule has 0 aromatic carbocycles. The predicted molar refractivity (Wildman–Crippen MR) is 57.8 cm³/mol. The van der Waals surface area contributed by atoms with Gasteiger partial charge in [0.25, 0.3) is 5.91 Å². The number of hydrogen-bond donors (Lipinski definition) is 2. The number of carbonyl (C=O) groups excluding carboxylic acids is 2. The first-order valence-corrected chi connectivity index (χ1v) is 5.87. The van der Waals surface area contributed by atoms with Crippen molar-refractivity contribution in [2.75, 3.05) is 13.1 Å². The van der Waals surface area contributed by atoms with Crippen LogP contribution in [0.5, 0.6) is 0 Å². The molecule has 1 saturated heterocycles. The van der Waals surface area contributed by atoms with E-state index in [0.29, 0.717) is 18.7 Å². The molecule has 3 rings (SSSR count). The van der Waals surface area contributed by atoms with Crippen molar-refractivity contribution in [2.24, 2.45) is 16.3 Å². The lowest BCUT2D eigenvalue weighted by atomic mass is 9.95. The number of amidine groups is 1. The standard InChI is InChI=1S/C11H15N3O2/c15-9-11(3-4-11)10(16)14-8(13-9)7-2-1-5-12-6-7/h7,12H,1-6H2,(H,13,14,15,16). The lowest BCUT2D eigenvalue weighted by molar-refractivity contribution is -0.135. The van der Waals surface area contributed by atoms with Crippen LogP contribution in [0.15, 0.2) is 4.99 Å². The Morgan fingerprint density at radius 3 is 2.69 bits per heavy atom. The Labute approximate surface area is 93.7 Å². The lowest BCUT2D eigenvalue weighted by Crippen LogP contribution is -2.50. The molecule has 1 aliphatic carbocycles. The number of amides is 2. The summed E-state index contributed by atoms with van der Waals surface area (Å²) in [5.41, 5.74) is -0.772. The van der Waals surface area contributed by atoms with Gasteiger partial charge >= 0.3 is 0 Å². The fraction of sp³-hybridized carbons (Fsp3) is 0.727. The number of aliphatic imine (C=N–C) groups is 1. The quantitative estimate of drug-likeness (QED) is 0.603. The number of piperidine rings is 1. The van der Waals surface area contributed by atoms with Crippen LogP contribution in [0.1, 0.15) is 25.7 Å². The average Bonchev–Trinajstić information content (AvgIpc) is 3.09. The number of hydrogen-bond acceptors (Lipinski definition) is 3. The van der Waals surface area contributed by atoms with Gasteiger partial charge in [-0.2, -0.15) is 4.99 Å². The van der Waals surface area contributed by atoms with Crippen molar-refractivity contribution in [3.8, 4) is 0 Å². The monoisotopic (exact) mass is 221 g/mol. The van der Waals surface area contributed by atoms with Crippen molar-refractivity contribution < 1.29 is 9.59 Å². The summed E-state index contributed by atoms with van der Waals surface area (Å²) in [6.07, 6.45) is 3.39. The topological polar surface area (TPSA) is 70.6 Å². The maximum atomic E-state index is 11.8. The van der Waals surface area contributed by atoms with Crippen molar-refractivity contribution in [1.29, 1.82) is 0 Å². The summed E-state index contributed by atoms with van der Waals surface area (Å²) in [5.74, 6) is 0.419. The van der Waals surface area contributed by atoms with Crippen LogP contribution in [-0.4, -0.2) is 30.7 Å². The smallest absolute Gasteiger partial charge is 0.263 e. The molecular weight excluding hydrogens is 206 g/mol. The third kappa shape index (κ3) is 1.38. The van der Waals surface area contributed by atoms with E-state index in [1.54, 1.807) is 0 Å². The van der Waals surface area contributed by atoms with Gasteiger partial charge in [0.2, 0.25) is 5.91 Å². The zero-order valence-electron chi connectivity index (χ0n) is 9.08. The minimum atomic E-state index is -0.772. The summed E-state index contributed by atoms with van der Waals surface area (Å²) in [7, 11) is 0. The largest absolute Gasteiger partial charge is 0.316 e. The molecule has 2 fully saturated rings.